The van der Waals surface area contributed by atoms with Crippen molar-refractivity contribution in [3.63, 3.8) is 0 Å². The second-order valence-corrected chi connectivity index (χ2v) is 7.58. The van der Waals surface area contributed by atoms with Gasteiger partial charge in [-0.05, 0) is 48.7 Å². The van der Waals surface area contributed by atoms with E-state index in [4.69, 9.17) is 10.7 Å². The highest BCUT2D eigenvalue weighted by molar-refractivity contribution is 6.04. The van der Waals surface area contributed by atoms with Crippen LogP contribution in [0.3, 0.4) is 0 Å². The third-order valence-corrected chi connectivity index (χ3v) is 5.63. The zero-order chi connectivity index (χ0) is 20.5. The van der Waals surface area contributed by atoms with E-state index in [1.54, 1.807) is 29.6 Å². The van der Waals surface area contributed by atoms with Crippen molar-refractivity contribution in [3.8, 4) is 11.3 Å². The van der Waals surface area contributed by atoms with Gasteiger partial charge < -0.3 is 10.6 Å². The molecule has 3 aromatic heterocycles. The van der Waals surface area contributed by atoms with Crippen molar-refractivity contribution in [3.05, 3.63) is 60.6 Å². The van der Waals surface area contributed by atoms with Gasteiger partial charge in [0.1, 0.15) is 5.82 Å². The number of piperidine rings is 1. The molecule has 5 rings (SSSR count). The summed E-state index contributed by atoms with van der Waals surface area (Å²) in [7, 11) is 0. The van der Waals surface area contributed by atoms with Gasteiger partial charge in [0, 0.05) is 43.8 Å². The topological polar surface area (TPSA) is 100 Å². The van der Waals surface area contributed by atoms with Gasteiger partial charge in [-0.1, -0.05) is 6.07 Å². The first-order chi connectivity index (χ1) is 14.7. The van der Waals surface area contributed by atoms with E-state index in [-0.39, 0.29) is 12.1 Å². The SMILES string of the molecule is NCc1cncc(-c2ccc3c(n2)N(C(=O)Nc2ccccn2)[C@H]2CCCN3C2)c1. The molecule has 2 amide bonds. The van der Waals surface area contributed by atoms with E-state index in [2.05, 4.69) is 26.3 Å². The number of pyridine rings is 3. The van der Waals surface area contributed by atoms with Gasteiger partial charge in [0.15, 0.2) is 5.82 Å². The molecular formula is C22H23N7O. The summed E-state index contributed by atoms with van der Waals surface area (Å²) in [6.07, 6.45) is 7.18. The molecule has 0 aliphatic carbocycles. The number of nitrogens with one attached hydrogen (secondary N) is 1. The van der Waals surface area contributed by atoms with Crippen LogP contribution in [-0.4, -0.2) is 40.1 Å². The summed E-state index contributed by atoms with van der Waals surface area (Å²) in [4.78, 5) is 30.8. The standard InChI is InChI=1S/C22H23N7O/c23-11-15-10-16(13-24-12-15)18-6-7-19-21(26-18)29(17-4-3-9-28(19)14-17)22(30)27-20-5-1-2-8-25-20/h1-2,5-8,10,12-13,17H,3-4,9,11,14,23H2,(H,25,27,30)/t17-/m0/s1. The van der Waals surface area contributed by atoms with Gasteiger partial charge in [-0.2, -0.15) is 0 Å². The van der Waals surface area contributed by atoms with Crippen LogP contribution in [0.2, 0.25) is 0 Å². The fourth-order valence-electron chi connectivity index (χ4n) is 4.19. The Balaban J connectivity index is 1.55. The van der Waals surface area contributed by atoms with Crippen LogP contribution < -0.4 is 20.9 Å². The number of carbonyl (C=O) groups excluding carboxylic acids is 1. The number of hydrogen-bond acceptors (Lipinski definition) is 6. The lowest BCUT2D eigenvalue weighted by Gasteiger charge is -2.45. The Labute approximate surface area is 174 Å². The molecule has 8 nitrogen and oxygen atoms in total. The van der Waals surface area contributed by atoms with Gasteiger partial charge in [-0.3, -0.25) is 15.2 Å². The van der Waals surface area contributed by atoms with Crippen LogP contribution in [0.1, 0.15) is 18.4 Å². The summed E-state index contributed by atoms with van der Waals surface area (Å²) < 4.78 is 0. The van der Waals surface area contributed by atoms with E-state index in [0.29, 0.717) is 18.2 Å². The molecule has 152 valence electrons. The summed E-state index contributed by atoms with van der Waals surface area (Å²) in [6.45, 7) is 2.21. The Hall–Kier alpha value is -3.52. The van der Waals surface area contributed by atoms with E-state index in [0.717, 1.165) is 48.4 Å². The Morgan fingerprint density at radius 1 is 1.23 bits per heavy atom. The molecule has 30 heavy (non-hydrogen) atoms. The molecule has 2 bridgehead atoms. The highest BCUT2D eigenvalue weighted by atomic mass is 16.2. The summed E-state index contributed by atoms with van der Waals surface area (Å²) >= 11 is 0. The molecule has 1 fully saturated rings. The molecule has 0 saturated carbocycles. The molecule has 8 heteroatoms. The monoisotopic (exact) mass is 401 g/mol. The summed E-state index contributed by atoms with van der Waals surface area (Å²) in [5.41, 5.74) is 9.35. The van der Waals surface area contributed by atoms with Crippen LogP contribution in [0.15, 0.2) is 55.0 Å². The predicted molar refractivity (Wildman–Crippen MR) is 116 cm³/mol. The van der Waals surface area contributed by atoms with Crippen molar-refractivity contribution in [2.75, 3.05) is 28.2 Å². The minimum Gasteiger partial charge on any atom is -0.366 e. The number of carbonyl (C=O) groups is 1. The van der Waals surface area contributed by atoms with E-state index in [1.807, 2.05) is 24.3 Å². The molecule has 1 saturated heterocycles. The van der Waals surface area contributed by atoms with Gasteiger partial charge >= 0.3 is 6.03 Å². The number of nitrogens with two attached hydrogens (primary N) is 1. The van der Waals surface area contributed by atoms with Crippen LogP contribution in [-0.2, 0) is 6.54 Å². The number of fused-ring (bicyclic) bond motifs is 4. The van der Waals surface area contributed by atoms with Crippen LogP contribution in [0, 0.1) is 0 Å². The molecule has 2 aliphatic heterocycles. The maximum atomic E-state index is 13.3. The Bertz CT molecular complexity index is 1070. The largest absolute Gasteiger partial charge is 0.366 e. The first-order valence-electron chi connectivity index (χ1n) is 10.1. The Kier molecular flexibility index (Phi) is 4.76. The zero-order valence-electron chi connectivity index (χ0n) is 16.5. The summed E-state index contributed by atoms with van der Waals surface area (Å²) in [5.74, 6) is 1.20. The highest BCUT2D eigenvalue weighted by Crippen LogP contribution is 2.39. The van der Waals surface area contributed by atoms with Crippen LogP contribution >= 0.6 is 0 Å². The molecule has 3 aromatic rings. The Morgan fingerprint density at radius 3 is 3.00 bits per heavy atom. The molecule has 0 unspecified atom stereocenters. The van der Waals surface area contributed by atoms with Crippen molar-refractivity contribution in [2.24, 2.45) is 5.73 Å². The molecule has 0 radical (unpaired) electrons. The second-order valence-electron chi connectivity index (χ2n) is 7.58. The molecule has 3 N–H and O–H groups in total. The fraction of sp³-hybridized carbons (Fsp3) is 0.273. The third-order valence-electron chi connectivity index (χ3n) is 5.63. The van der Waals surface area contributed by atoms with Crippen molar-refractivity contribution in [1.82, 2.24) is 15.0 Å². The van der Waals surface area contributed by atoms with E-state index in [9.17, 15) is 4.79 Å². The highest BCUT2D eigenvalue weighted by Gasteiger charge is 2.38. The lowest BCUT2D eigenvalue weighted by molar-refractivity contribution is 0.252. The fourth-order valence-corrected chi connectivity index (χ4v) is 4.19. The lowest BCUT2D eigenvalue weighted by Crippen LogP contribution is -2.56. The van der Waals surface area contributed by atoms with Gasteiger partial charge in [0.2, 0.25) is 0 Å². The predicted octanol–water partition coefficient (Wildman–Crippen LogP) is 3.02. The molecule has 0 aromatic carbocycles. The summed E-state index contributed by atoms with van der Waals surface area (Å²) in [5, 5.41) is 2.92. The van der Waals surface area contributed by atoms with Gasteiger partial charge in [-0.15, -0.1) is 0 Å². The number of amides is 2. The first-order valence-corrected chi connectivity index (χ1v) is 10.1. The maximum Gasteiger partial charge on any atom is 0.329 e. The number of urea groups is 1. The minimum absolute atomic E-state index is 0.0752. The van der Waals surface area contributed by atoms with Crippen molar-refractivity contribution in [1.29, 1.82) is 0 Å². The quantitative estimate of drug-likeness (QED) is 0.700. The number of nitrogens with zero attached hydrogens (tertiary/aromatic N) is 5. The van der Waals surface area contributed by atoms with E-state index >= 15 is 0 Å². The van der Waals surface area contributed by atoms with Gasteiger partial charge in [-0.25, -0.2) is 14.8 Å². The minimum atomic E-state index is -0.208. The number of rotatable bonds is 3. The zero-order valence-corrected chi connectivity index (χ0v) is 16.5. The molecule has 1 atom stereocenters. The molecule has 2 aliphatic rings. The van der Waals surface area contributed by atoms with Crippen molar-refractivity contribution < 1.29 is 4.79 Å². The average Bonchev–Trinajstić information content (AvgIpc) is 2.80. The normalized spacial score (nSPS) is 17.4. The number of hydrogen-bond donors (Lipinski definition) is 2. The molecule has 0 spiro atoms. The molecule has 5 heterocycles. The maximum absolute atomic E-state index is 13.3. The number of aromatic nitrogens is 3. The van der Waals surface area contributed by atoms with Crippen LogP contribution in [0.5, 0.6) is 0 Å². The summed E-state index contributed by atoms with van der Waals surface area (Å²) in [6, 6.07) is 11.3. The van der Waals surface area contributed by atoms with Gasteiger partial charge in [0.05, 0.1) is 17.4 Å². The smallest absolute Gasteiger partial charge is 0.329 e. The van der Waals surface area contributed by atoms with Crippen LogP contribution in [0.25, 0.3) is 11.3 Å². The number of anilines is 3. The first kappa shape index (κ1) is 18.5. The van der Waals surface area contributed by atoms with E-state index in [1.165, 1.54) is 0 Å². The molecular weight excluding hydrogens is 378 g/mol. The lowest BCUT2D eigenvalue weighted by atomic mass is 9.99. The van der Waals surface area contributed by atoms with E-state index < -0.39 is 0 Å². The average molecular weight is 401 g/mol. The van der Waals surface area contributed by atoms with Crippen LogP contribution in [0.4, 0.5) is 22.1 Å². The third kappa shape index (κ3) is 3.35. The van der Waals surface area contributed by atoms with Gasteiger partial charge in [0.25, 0.3) is 0 Å². The van der Waals surface area contributed by atoms with Crippen molar-refractivity contribution in [2.45, 2.75) is 25.4 Å². The van der Waals surface area contributed by atoms with Crippen molar-refractivity contribution >= 4 is 23.4 Å². The second kappa shape index (κ2) is 7.72. The Morgan fingerprint density at radius 2 is 2.17 bits per heavy atom.